The van der Waals surface area contributed by atoms with Gasteiger partial charge in [0, 0.05) is 36.8 Å². The van der Waals surface area contributed by atoms with Crippen LogP contribution in [0.15, 0.2) is 78.9 Å². The van der Waals surface area contributed by atoms with Crippen LogP contribution in [0.5, 0.6) is 0 Å². The fourth-order valence-electron chi connectivity index (χ4n) is 4.72. The lowest BCUT2D eigenvalue weighted by Crippen LogP contribution is -2.63. The summed E-state index contributed by atoms with van der Waals surface area (Å²) in [5.74, 6) is -0.162. The van der Waals surface area contributed by atoms with Gasteiger partial charge >= 0.3 is 0 Å². The second-order valence-corrected chi connectivity index (χ2v) is 9.22. The molecule has 3 aromatic rings. The van der Waals surface area contributed by atoms with Gasteiger partial charge in [0.2, 0.25) is 0 Å². The highest BCUT2D eigenvalue weighted by Crippen LogP contribution is 2.23. The molecule has 6 heteroatoms. The molecule has 0 spiro atoms. The molecule has 2 aliphatic heterocycles. The topological polar surface area (TPSA) is 52.7 Å². The predicted molar refractivity (Wildman–Crippen MR) is 130 cm³/mol. The number of benzene rings is 3. The molecule has 2 aliphatic rings. The minimum atomic E-state index is -1.12. The third-order valence-corrected chi connectivity index (χ3v) is 6.66. The first kappa shape index (κ1) is 22.3. The Labute approximate surface area is 199 Å². The Morgan fingerprint density at radius 2 is 1.41 bits per heavy atom. The van der Waals surface area contributed by atoms with E-state index >= 15 is 0 Å². The van der Waals surface area contributed by atoms with Crippen molar-refractivity contribution < 1.29 is 14.0 Å². The number of carbonyl (C=O) groups excluding carboxylic acids is 2. The monoisotopic (exact) mass is 457 g/mol. The van der Waals surface area contributed by atoms with Gasteiger partial charge in [-0.3, -0.25) is 9.59 Å². The molecule has 0 aliphatic carbocycles. The molecule has 2 saturated heterocycles. The first-order chi connectivity index (χ1) is 16.5. The third kappa shape index (κ3) is 4.59. The summed E-state index contributed by atoms with van der Waals surface area (Å²) in [7, 11) is 0. The van der Waals surface area contributed by atoms with Crippen LogP contribution in [0.1, 0.15) is 26.3 Å². The van der Waals surface area contributed by atoms with Crippen LogP contribution in [0.4, 0.5) is 4.39 Å². The van der Waals surface area contributed by atoms with Crippen LogP contribution in [0.25, 0.3) is 11.1 Å². The Bertz CT molecular complexity index is 1180. The summed E-state index contributed by atoms with van der Waals surface area (Å²) >= 11 is 0. The van der Waals surface area contributed by atoms with Crippen molar-refractivity contribution in [1.29, 1.82) is 0 Å². The molecule has 1 N–H and O–H groups in total. The van der Waals surface area contributed by atoms with Crippen LogP contribution in [-0.4, -0.2) is 66.0 Å². The van der Waals surface area contributed by atoms with Gasteiger partial charge in [0.25, 0.3) is 11.8 Å². The van der Waals surface area contributed by atoms with Crippen molar-refractivity contribution in [2.75, 3.05) is 26.2 Å². The minimum absolute atomic E-state index is 0.0158. The van der Waals surface area contributed by atoms with Crippen molar-refractivity contribution in [3.05, 3.63) is 95.6 Å². The maximum Gasteiger partial charge on any atom is 0.254 e. The minimum Gasteiger partial charge on any atom is -0.335 e. The summed E-state index contributed by atoms with van der Waals surface area (Å²) in [6.45, 7) is 3.56. The molecule has 174 valence electrons. The van der Waals surface area contributed by atoms with E-state index in [4.69, 9.17) is 0 Å². The molecule has 1 unspecified atom stereocenters. The van der Waals surface area contributed by atoms with Crippen LogP contribution >= 0.6 is 0 Å². The lowest BCUT2D eigenvalue weighted by Gasteiger charge is -2.41. The predicted octanol–water partition coefficient (Wildman–Crippen LogP) is 3.94. The van der Waals surface area contributed by atoms with Crippen molar-refractivity contribution in [1.82, 2.24) is 15.1 Å². The summed E-state index contributed by atoms with van der Waals surface area (Å²) in [6, 6.07) is 24.5. The van der Waals surface area contributed by atoms with E-state index in [9.17, 15) is 14.0 Å². The molecule has 2 amide bonds. The first-order valence-electron chi connectivity index (χ1n) is 11.7. The van der Waals surface area contributed by atoms with E-state index in [0.29, 0.717) is 30.8 Å². The van der Waals surface area contributed by atoms with Crippen LogP contribution in [0, 0.1) is 6.92 Å². The highest BCUT2D eigenvalue weighted by Gasteiger charge is 2.40. The quantitative estimate of drug-likeness (QED) is 0.632. The van der Waals surface area contributed by atoms with E-state index in [0.717, 1.165) is 11.1 Å². The van der Waals surface area contributed by atoms with Crippen molar-refractivity contribution in [3.8, 4) is 11.1 Å². The van der Waals surface area contributed by atoms with Gasteiger partial charge in [0.05, 0.1) is 12.6 Å². The summed E-state index contributed by atoms with van der Waals surface area (Å²) in [4.78, 5) is 28.8. The lowest BCUT2D eigenvalue weighted by atomic mass is 10.0. The summed E-state index contributed by atoms with van der Waals surface area (Å²) in [5, 5.41) is 3.31. The number of nitrogens with one attached hydrogen (secondary N) is 1. The van der Waals surface area contributed by atoms with E-state index in [1.165, 1.54) is 5.56 Å². The molecule has 34 heavy (non-hydrogen) atoms. The van der Waals surface area contributed by atoms with Gasteiger partial charge in [-0.1, -0.05) is 60.2 Å². The Hall–Kier alpha value is -3.51. The molecule has 0 saturated carbocycles. The second kappa shape index (κ2) is 9.39. The number of nitrogens with zero attached hydrogens (tertiary/aromatic N) is 2. The summed E-state index contributed by atoms with van der Waals surface area (Å²) in [5.41, 5.74) is 4.63. The summed E-state index contributed by atoms with van der Waals surface area (Å²) in [6.07, 6.45) is -1.12. The van der Waals surface area contributed by atoms with Gasteiger partial charge in [-0.25, -0.2) is 4.39 Å². The van der Waals surface area contributed by atoms with E-state index < -0.39 is 12.2 Å². The molecule has 2 fully saturated rings. The zero-order chi connectivity index (χ0) is 23.7. The average Bonchev–Trinajstić information content (AvgIpc) is 3.21. The van der Waals surface area contributed by atoms with E-state index in [2.05, 4.69) is 30.4 Å². The zero-order valence-corrected chi connectivity index (χ0v) is 19.2. The van der Waals surface area contributed by atoms with Crippen LogP contribution in [0.2, 0.25) is 0 Å². The number of aryl methyl sites for hydroxylation is 1. The first-order valence-corrected chi connectivity index (χ1v) is 11.7. The molecule has 2 heterocycles. The highest BCUT2D eigenvalue weighted by atomic mass is 19.1. The lowest BCUT2D eigenvalue weighted by molar-refractivity contribution is 0.0542. The molecule has 5 nitrogen and oxygen atoms in total. The van der Waals surface area contributed by atoms with E-state index in [-0.39, 0.29) is 24.4 Å². The maximum absolute atomic E-state index is 14.6. The molecule has 5 rings (SSSR count). The summed E-state index contributed by atoms with van der Waals surface area (Å²) < 4.78 is 14.6. The van der Waals surface area contributed by atoms with Crippen molar-refractivity contribution in [3.63, 3.8) is 0 Å². The molecule has 0 bridgehead atoms. The van der Waals surface area contributed by atoms with Gasteiger partial charge in [0.15, 0.2) is 0 Å². The largest absolute Gasteiger partial charge is 0.335 e. The number of carbonyl (C=O) groups is 2. The highest BCUT2D eigenvalue weighted by molar-refractivity contribution is 5.95. The number of hydrogen-bond donors (Lipinski definition) is 1. The smallest absolute Gasteiger partial charge is 0.254 e. The van der Waals surface area contributed by atoms with E-state index in [1.807, 2.05) is 48.5 Å². The fourth-order valence-corrected chi connectivity index (χ4v) is 4.72. The van der Waals surface area contributed by atoms with Gasteiger partial charge in [-0.15, -0.1) is 0 Å². The molecule has 3 aromatic carbocycles. The van der Waals surface area contributed by atoms with Crippen molar-refractivity contribution in [2.45, 2.75) is 25.2 Å². The van der Waals surface area contributed by atoms with Crippen LogP contribution < -0.4 is 5.32 Å². The Kier molecular flexibility index (Phi) is 6.16. The molecule has 2 atom stereocenters. The third-order valence-electron chi connectivity index (χ3n) is 6.66. The second-order valence-electron chi connectivity index (χ2n) is 9.22. The van der Waals surface area contributed by atoms with Gasteiger partial charge in [-0.05, 0) is 42.3 Å². The zero-order valence-electron chi connectivity index (χ0n) is 19.2. The Balaban J connectivity index is 1.13. The van der Waals surface area contributed by atoms with Gasteiger partial charge in [0.1, 0.15) is 6.17 Å². The van der Waals surface area contributed by atoms with Crippen molar-refractivity contribution >= 4 is 11.8 Å². The number of amides is 2. The van der Waals surface area contributed by atoms with Crippen LogP contribution in [0.3, 0.4) is 0 Å². The molecular weight excluding hydrogens is 429 g/mol. The number of rotatable bonds is 5. The number of alkyl halides is 1. The molecule has 0 radical (unpaired) electrons. The van der Waals surface area contributed by atoms with Gasteiger partial charge in [-0.2, -0.15) is 0 Å². The van der Waals surface area contributed by atoms with E-state index in [1.54, 1.807) is 21.9 Å². The Morgan fingerprint density at radius 1 is 0.765 bits per heavy atom. The normalized spacial score (nSPS) is 20.3. The van der Waals surface area contributed by atoms with Gasteiger partial charge < -0.3 is 15.1 Å². The standard InChI is InChI=1S/C28H28FN3O2/c1-19-6-5-9-23(14-19)20-10-12-22(13-11-20)28(34)31-15-24(16-31)30-26-18-32(17-25(26)29)27(33)21-7-3-2-4-8-21/h2-14,24-26,30H,15-18H2,1H3/t25?,26-/m0/s1. The number of halogens is 1. The van der Waals surface area contributed by atoms with Crippen molar-refractivity contribution in [2.24, 2.45) is 0 Å². The number of likely N-dealkylation sites (tertiary alicyclic amines) is 2. The maximum atomic E-state index is 14.6. The molecule has 0 aromatic heterocycles. The average molecular weight is 458 g/mol. The SMILES string of the molecule is Cc1cccc(-c2ccc(C(=O)N3CC(N[C@H]4CN(C(=O)c5ccccc5)CC4F)C3)cc2)c1. The van der Waals surface area contributed by atoms with Crippen LogP contribution in [-0.2, 0) is 0 Å². The fraction of sp³-hybridized carbons (Fsp3) is 0.286. The Morgan fingerprint density at radius 3 is 2.09 bits per heavy atom. The molecular formula is C28H28FN3O2. The number of hydrogen-bond acceptors (Lipinski definition) is 3.